The number of aromatic amines is 2. The van der Waals surface area contributed by atoms with Crippen molar-refractivity contribution in [2.24, 2.45) is 0 Å². The minimum absolute atomic E-state index is 0.0931. The molecule has 14 heteroatoms. The van der Waals surface area contributed by atoms with Gasteiger partial charge in [-0.15, -0.1) is 0 Å². The Kier molecular flexibility index (Phi) is 14.2. The summed E-state index contributed by atoms with van der Waals surface area (Å²) in [5, 5.41) is 1.32. The highest BCUT2D eigenvalue weighted by Gasteiger charge is 2.32. The lowest BCUT2D eigenvalue weighted by atomic mass is 9.89. The number of likely N-dealkylation sites (N-methyl/N-ethyl adjacent to an activating group) is 2. The third-order valence-corrected chi connectivity index (χ3v) is 15.7. The van der Waals surface area contributed by atoms with Crippen LogP contribution in [0, 0.1) is 0 Å². The van der Waals surface area contributed by atoms with Gasteiger partial charge in [-0.3, -0.25) is 19.4 Å². The highest BCUT2D eigenvalue weighted by atomic mass is 16.5. The van der Waals surface area contributed by atoms with Crippen LogP contribution in [0.4, 0.5) is 0 Å². The number of nitrogens with one attached hydrogen (secondary N) is 2. The van der Waals surface area contributed by atoms with E-state index in [2.05, 4.69) is 75.2 Å². The monoisotopic (exact) mass is 967 g/mol. The van der Waals surface area contributed by atoms with Crippen LogP contribution in [0.3, 0.4) is 0 Å². The maximum Gasteiger partial charge on any atom is 0.260 e. The standard InChI is InChI=1S/2C29H33N5O2/c2*1-32-15-17-33(18-16-32)22-9-11-23(12-10-22)34-19-26(27-28(34)30-20-31-29(27)35)21-7-13-25(14-8-21)36-24-5-3-2-4-6-24/h2*2-8,13-14,19-20,22-23H,9-12,15-18H2,1H3,(H,30,31,35). The van der Waals surface area contributed by atoms with Gasteiger partial charge in [0.25, 0.3) is 11.1 Å². The summed E-state index contributed by atoms with van der Waals surface area (Å²) in [6, 6.07) is 37.5. The summed E-state index contributed by atoms with van der Waals surface area (Å²) >= 11 is 0. The SMILES string of the molecule is CN1CCN(C2CCC(n3cc(-c4ccc(Oc5ccccc5)cc4)c4c(=O)[nH]cnc43)CC2)CC1.CN1CCN(C2CCC(n3cc(-c4ccc(Oc5ccccc5)cc4)c4c(=O)[nH]cnc43)CC2)CC1. The summed E-state index contributed by atoms with van der Waals surface area (Å²) in [5.41, 5.74) is 5.20. The molecule has 0 bridgehead atoms. The average molecular weight is 967 g/mol. The van der Waals surface area contributed by atoms with E-state index < -0.39 is 0 Å². The molecule has 4 aromatic heterocycles. The minimum Gasteiger partial charge on any atom is -0.457 e. The highest BCUT2D eigenvalue weighted by Crippen LogP contribution is 2.39. The van der Waals surface area contributed by atoms with Gasteiger partial charge in [0.15, 0.2) is 0 Å². The molecule has 12 rings (SSSR count). The Hall–Kier alpha value is -6.84. The van der Waals surface area contributed by atoms with E-state index in [1.807, 2.05) is 109 Å². The summed E-state index contributed by atoms with van der Waals surface area (Å²) < 4.78 is 16.4. The normalized spacial score (nSPS) is 21.6. The largest absolute Gasteiger partial charge is 0.457 e. The van der Waals surface area contributed by atoms with Gasteiger partial charge in [-0.05, 0) is 125 Å². The van der Waals surface area contributed by atoms with E-state index in [1.54, 1.807) is 0 Å². The zero-order chi connectivity index (χ0) is 49.0. The molecular formula is C58H66N10O4. The van der Waals surface area contributed by atoms with Gasteiger partial charge in [0.05, 0.1) is 23.4 Å². The summed E-state index contributed by atoms with van der Waals surface area (Å²) in [4.78, 5) is 50.8. The molecular weight excluding hydrogens is 901 g/mol. The Labute approximate surface area is 420 Å². The van der Waals surface area contributed by atoms with Crippen molar-refractivity contribution in [3.8, 4) is 45.3 Å². The molecule has 0 spiro atoms. The molecule has 6 heterocycles. The van der Waals surface area contributed by atoms with E-state index in [4.69, 9.17) is 9.47 Å². The topological polar surface area (TPSA) is 133 Å². The van der Waals surface area contributed by atoms with Gasteiger partial charge in [0, 0.05) is 100 Å². The predicted molar refractivity (Wildman–Crippen MR) is 285 cm³/mol. The quantitative estimate of drug-likeness (QED) is 0.137. The minimum atomic E-state index is -0.0931. The summed E-state index contributed by atoms with van der Waals surface area (Å²) in [5.74, 6) is 3.13. The number of rotatable bonds is 10. The first-order valence-electron chi connectivity index (χ1n) is 26.0. The molecule has 2 aliphatic carbocycles. The lowest BCUT2D eigenvalue weighted by molar-refractivity contribution is 0.0827. The molecule has 0 amide bonds. The van der Waals surface area contributed by atoms with Crippen molar-refractivity contribution in [1.29, 1.82) is 0 Å². The number of hydrogen-bond acceptors (Lipinski definition) is 10. The molecule has 4 aliphatic rings. The van der Waals surface area contributed by atoms with Crippen LogP contribution in [0.5, 0.6) is 23.0 Å². The van der Waals surface area contributed by atoms with Gasteiger partial charge in [-0.1, -0.05) is 60.7 Å². The Morgan fingerprint density at radius 1 is 0.431 bits per heavy atom. The highest BCUT2D eigenvalue weighted by molar-refractivity contribution is 5.94. The van der Waals surface area contributed by atoms with E-state index in [9.17, 15) is 9.59 Å². The molecule has 0 radical (unpaired) electrons. The van der Waals surface area contributed by atoms with E-state index in [1.165, 1.54) is 64.5 Å². The molecule has 0 atom stereocenters. The van der Waals surface area contributed by atoms with Crippen LogP contribution in [-0.2, 0) is 0 Å². The summed E-state index contributed by atoms with van der Waals surface area (Å²) in [6.07, 6.45) is 16.5. The van der Waals surface area contributed by atoms with Gasteiger partial charge >= 0.3 is 0 Å². The smallest absolute Gasteiger partial charge is 0.260 e. The van der Waals surface area contributed by atoms with Crippen LogP contribution in [0.2, 0.25) is 0 Å². The number of benzene rings is 4. The fraction of sp³-hybridized carbons (Fsp3) is 0.379. The zero-order valence-electron chi connectivity index (χ0n) is 41.5. The number of piperazine rings is 2. The van der Waals surface area contributed by atoms with Crippen LogP contribution < -0.4 is 20.6 Å². The number of ether oxygens (including phenoxy) is 2. The van der Waals surface area contributed by atoms with Crippen molar-refractivity contribution >= 4 is 22.1 Å². The van der Waals surface area contributed by atoms with Crippen molar-refractivity contribution < 1.29 is 9.47 Å². The number of fused-ring (bicyclic) bond motifs is 2. The first-order valence-corrected chi connectivity index (χ1v) is 26.0. The van der Waals surface area contributed by atoms with Crippen LogP contribution in [-0.4, -0.2) is 127 Å². The predicted octanol–water partition coefficient (Wildman–Crippen LogP) is 9.83. The van der Waals surface area contributed by atoms with Gasteiger partial charge in [-0.2, -0.15) is 0 Å². The lowest BCUT2D eigenvalue weighted by Crippen LogP contribution is -2.49. The lowest BCUT2D eigenvalue weighted by Gasteiger charge is -2.41. The fourth-order valence-corrected chi connectivity index (χ4v) is 11.6. The first-order chi connectivity index (χ1) is 35.3. The van der Waals surface area contributed by atoms with Crippen LogP contribution in [0.25, 0.3) is 44.3 Å². The van der Waals surface area contributed by atoms with E-state index in [0.29, 0.717) is 34.9 Å². The van der Waals surface area contributed by atoms with Crippen molar-refractivity contribution in [1.82, 2.24) is 48.7 Å². The second-order valence-corrected chi connectivity index (χ2v) is 20.2. The van der Waals surface area contributed by atoms with Gasteiger partial charge in [0.2, 0.25) is 0 Å². The third kappa shape index (κ3) is 10.4. The molecule has 72 heavy (non-hydrogen) atoms. The summed E-state index contributed by atoms with van der Waals surface area (Å²) in [6.45, 7) is 9.32. The number of nitrogens with zero attached hydrogens (tertiary/aromatic N) is 8. The van der Waals surface area contributed by atoms with E-state index >= 15 is 0 Å². The first kappa shape index (κ1) is 47.5. The average Bonchev–Trinajstić information content (AvgIpc) is 4.02. The maximum atomic E-state index is 12.9. The summed E-state index contributed by atoms with van der Waals surface area (Å²) in [7, 11) is 4.42. The van der Waals surface area contributed by atoms with Crippen molar-refractivity contribution in [2.75, 3.05) is 66.5 Å². The van der Waals surface area contributed by atoms with Crippen molar-refractivity contribution in [2.45, 2.75) is 75.5 Å². The number of para-hydroxylation sites is 2. The molecule has 0 unspecified atom stereocenters. The van der Waals surface area contributed by atoms with Crippen LogP contribution >= 0.6 is 0 Å². The number of aromatic nitrogens is 6. The molecule has 4 fully saturated rings. The Morgan fingerprint density at radius 2 is 0.764 bits per heavy atom. The van der Waals surface area contributed by atoms with Crippen LogP contribution in [0.15, 0.2) is 144 Å². The van der Waals surface area contributed by atoms with Crippen molar-refractivity contribution in [3.63, 3.8) is 0 Å². The molecule has 2 aliphatic heterocycles. The second kappa shape index (κ2) is 21.5. The number of hydrogen-bond donors (Lipinski definition) is 2. The molecule has 14 nitrogen and oxygen atoms in total. The van der Waals surface area contributed by atoms with Gasteiger partial charge < -0.3 is 38.4 Å². The maximum absolute atomic E-state index is 12.9. The van der Waals surface area contributed by atoms with Crippen molar-refractivity contribution in [3.05, 3.63) is 155 Å². The molecule has 4 aromatic carbocycles. The molecule has 2 N–H and O–H groups in total. The Bertz CT molecular complexity index is 2940. The van der Waals surface area contributed by atoms with E-state index in [-0.39, 0.29) is 11.1 Å². The molecule has 8 aromatic rings. The fourth-order valence-electron chi connectivity index (χ4n) is 11.6. The zero-order valence-corrected chi connectivity index (χ0v) is 41.5. The van der Waals surface area contributed by atoms with Crippen LogP contribution in [0.1, 0.15) is 63.5 Å². The third-order valence-electron chi connectivity index (χ3n) is 15.7. The number of H-pyrrole nitrogens is 2. The second-order valence-electron chi connectivity index (χ2n) is 20.2. The molecule has 372 valence electrons. The van der Waals surface area contributed by atoms with Gasteiger partial charge in [-0.25, -0.2) is 9.97 Å². The van der Waals surface area contributed by atoms with Gasteiger partial charge in [0.1, 0.15) is 34.3 Å². The molecule has 2 saturated carbocycles. The molecule has 2 saturated heterocycles. The Morgan fingerprint density at radius 3 is 1.12 bits per heavy atom. The Balaban J connectivity index is 0.000000156. The van der Waals surface area contributed by atoms with E-state index in [0.717, 1.165) is 108 Å².